The van der Waals surface area contributed by atoms with Crippen LogP contribution >= 0.6 is 0 Å². The smallest absolute Gasteiger partial charge is 0.417 e. The molecule has 1 N–H and O–H groups in total. The van der Waals surface area contributed by atoms with Crippen LogP contribution in [0.5, 0.6) is 0 Å². The Kier molecular flexibility index (Phi) is 18.8. The summed E-state index contributed by atoms with van der Waals surface area (Å²) in [5, 5.41) is 0.547. The number of amides is 1. The van der Waals surface area contributed by atoms with Crippen LogP contribution in [0.1, 0.15) is 5.56 Å². The zero-order valence-corrected chi connectivity index (χ0v) is 30.6. The number of rotatable bonds is 27. The average molecular weight is 785 g/mol. The fourth-order valence-electron chi connectivity index (χ4n) is 5.19. The Hall–Kier alpha value is -4.14. The van der Waals surface area contributed by atoms with Crippen molar-refractivity contribution in [3.63, 3.8) is 0 Å². The molecule has 0 saturated carbocycles. The third-order valence-electron chi connectivity index (χ3n) is 7.85. The Labute approximate surface area is 315 Å². The lowest BCUT2D eigenvalue weighted by Crippen LogP contribution is -2.27. The van der Waals surface area contributed by atoms with E-state index < -0.39 is 35.5 Å². The highest BCUT2D eigenvalue weighted by molar-refractivity contribution is 5.94. The minimum atomic E-state index is -4.61. The lowest BCUT2D eigenvalue weighted by Gasteiger charge is -2.15. The summed E-state index contributed by atoms with van der Waals surface area (Å²) in [5.41, 5.74) is -1.33. The maximum atomic E-state index is 13.6. The fourth-order valence-corrected chi connectivity index (χ4v) is 5.19. The van der Waals surface area contributed by atoms with Gasteiger partial charge in [-0.05, 0) is 29.7 Å². The summed E-state index contributed by atoms with van der Waals surface area (Å²) in [6, 6.07) is 10.9. The SMILES string of the molecule is COCCOCCOCCOCCOCCOCCOCCOCC(=O)OC[C@@H]1CN(c2ccc3cc(-c4ccccc4C(F)(F)F)[nH]c(=O)c3c2)C(=O)O1. The van der Waals surface area contributed by atoms with Crippen molar-refractivity contribution in [3.8, 4) is 11.3 Å². The number of H-pyrrole nitrogens is 1. The van der Waals surface area contributed by atoms with Gasteiger partial charge in [-0.15, -0.1) is 0 Å². The fraction of sp³-hybridized carbons (Fsp3) is 0.541. The van der Waals surface area contributed by atoms with Crippen molar-refractivity contribution in [1.29, 1.82) is 0 Å². The van der Waals surface area contributed by atoms with Gasteiger partial charge >= 0.3 is 18.2 Å². The van der Waals surface area contributed by atoms with E-state index >= 15 is 0 Å². The maximum absolute atomic E-state index is 13.6. The number of hydrogen-bond acceptors (Lipinski definition) is 13. The number of nitrogens with zero attached hydrogens (tertiary/aromatic N) is 1. The molecule has 3 aromatic rings. The normalized spacial score (nSPS) is 14.5. The number of cyclic esters (lactones) is 1. The molecule has 304 valence electrons. The van der Waals surface area contributed by atoms with Gasteiger partial charge < -0.3 is 52.4 Å². The van der Waals surface area contributed by atoms with Crippen molar-refractivity contribution in [1.82, 2.24) is 4.98 Å². The van der Waals surface area contributed by atoms with Gasteiger partial charge in [-0.1, -0.05) is 24.3 Å². The van der Waals surface area contributed by atoms with Crippen LogP contribution in [0.2, 0.25) is 0 Å². The lowest BCUT2D eigenvalue weighted by atomic mass is 10.0. The van der Waals surface area contributed by atoms with Gasteiger partial charge in [0.15, 0.2) is 6.10 Å². The van der Waals surface area contributed by atoms with Crippen molar-refractivity contribution in [2.24, 2.45) is 0 Å². The first kappa shape index (κ1) is 43.6. The van der Waals surface area contributed by atoms with E-state index in [-0.39, 0.29) is 49.6 Å². The Balaban J connectivity index is 1.02. The summed E-state index contributed by atoms with van der Waals surface area (Å²) < 4.78 is 93.7. The van der Waals surface area contributed by atoms with Crippen LogP contribution in [-0.2, 0) is 58.3 Å². The standard InChI is InChI=1S/C37H47F3N2O13/c1-46-8-9-47-10-11-48-12-13-49-14-15-50-16-17-51-18-19-52-20-21-53-26-34(43)54-25-29-24-42(36(45)55-29)28-7-6-27-22-33(41-35(44)31(27)23-28)30-4-2-3-5-32(30)37(38,39)40/h2-7,22-23,29H,8-21,24-26H2,1H3,(H,41,44)/t29-/m0/s1. The highest BCUT2D eigenvalue weighted by Gasteiger charge is 2.35. The van der Waals surface area contributed by atoms with Crippen molar-refractivity contribution in [3.05, 3.63) is 64.4 Å². The molecule has 0 unspecified atom stereocenters. The molecule has 1 aromatic heterocycles. The number of carbonyl (C=O) groups is 2. The van der Waals surface area contributed by atoms with Gasteiger partial charge in [-0.3, -0.25) is 9.69 Å². The highest BCUT2D eigenvalue weighted by atomic mass is 19.4. The lowest BCUT2D eigenvalue weighted by molar-refractivity contribution is -0.151. The summed E-state index contributed by atoms with van der Waals surface area (Å²) in [6.07, 6.45) is -6.10. The first-order valence-electron chi connectivity index (χ1n) is 17.7. The van der Waals surface area contributed by atoms with Gasteiger partial charge in [0.2, 0.25) is 0 Å². The molecule has 4 rings (SSSR count). The number of aromatic nitrogens is 1. The van der Waals surface area contributed by atoms with Crippen LogP contribution in [0.25, 0.3) is 22.0 Å². The summed E-state index contributed by atoms with van der Waals surface area (Å²) in [4.78, 5) is 41.5. The van der Waals surface area contributed by atoms with E-state index in [1.807, 2.05) is 0 Å². The molecule has 1 fully saturated rings. The summed E-state index contributed by atoms with van der Waals surface area (Å²) >= 11 is 0. The molecule has 1 saturated heterocycles. The van der Waals surface area contributed by atoms with E-state index in [1.165, 1.54) is 41.3 Å². The third kappa shape index (κ3) is 15.1. The molecule has 55 heavy (non-hydrogen) atoms. The topological polar surface area (TPSA) is 163 Å². The van der Waals surface area contributed by atoms with E-state index in [0.717, 1.165) is 6.07 Å². The van der Waals surface area contributed by atoms with Gasteiger partial charge in [0.25, 0.3) is 5.56 Å². The average Bonchev–Trinajstić information content (AvgIpc) is 3.55. The van der Waals surface area contributed by atoms with Crippen molar-refractivity contribution in [2.75, 3.05) is 124 Å². The number of pyridine rings is 1. The number of benzene rings is 2. The second kappa shape index (κ2) is 23.7. The molecule has 0 radical (unpaired) electrons. The first-order chi connectivity index (χ1) is 26.7. The maximum Gasteiger partial charge on any atom is 0.417 e. The summed E-state index contributed by atoms with van der Waals surface area (Å²) in [7, 11) is 1.62. The van der Waals surface area contributed by atoms with E-state index in [2.05, 4.69) is 4.98 Å². The van der Waals surface area contributed by atoms with Crippen LogP contribution < -0.4 is 10.5 Å². The molecule has 1 aliphatic rings. The number of fused-ring (bicyclic) bond motifs is 1. The van der Waals surface area contributed by atoms with E-state index in [1.54, 1.807) is 13.2 Å². The molecule has 15 nitrogen and oxygen atoms in total. The monoisotopic (exact) mass is 784 g/mol. The minimum Gasteiger partial charge on any atom is -0.460 e. The third-order valence-corrected chi connectivity index (χ3v) is 7.85. The van der Waals surface area contributed by atoms with Gasteiger partial charge in [0.1, 0.15) is 13.2 Å². The second-order valence-electron chi connectivity index (χ2n) is 11.8. The Bertz CT molecular complexity index is 1670. The number of aromatic amines is 1. The van der Waals surface area contributed by atoms with Crippen molar-refractivity contribution in [2.45, 2.75) is 12.3 Å². The molecular formula is C37H47F3N2O13. The number of halogens is 3. The Morgan fingerprint density at radius 3 is 1.87 bits per heavy atom. The number of ether oxygens (including phenoxy) is 10. The zero-order chi connectivity index (χ0) is 39.3. The number of alkyl halides is 3. The van der Waals surface area contributed by atoms with E-state index in [9.17, 15) is 27.6 Å². The molecule has 0 aliphatic carbocycles. The van der Waals surface area contributed by atoms with Crippen LogP contribution in [0.4, 0.5) is 23.7 Å². The van der Waals surface area contributed by atoms with Gasteiger partial charge in [-0.2, -0.15) is 13.2 Å². The molecule has 2 heterocycles. The van der Waals surface area contributed by atoms with E-state index in [0.29, 0.717) is 90.4 Å². The number of nitrogens with one attached hydrogen (secondary N) is 1. The molecule has 1 atom stereocenters. The zero-order valence-electron chi connectivity index (χ0n) is 30.6. The van der Waals surface area contributed by atoms with Gasteiger partial charge in [0.05, 0.1) is 105 Å². The summed E-state index contributed by atoms with van der Waals surface area (Å²) in [6.45, 7) is 5.38. The minimum absolute atomic E-state index is 0.00811. The quantitative estimate of drug-likeness (QED) is 0.0878. The molecule has 0 spiro atoms. The van der Waals surface area contributed by atoms with Gasteiger partial charge in [0, 0.05) is 29.4 Å². The van der Waals surface area contributed by atoms with Crippen molar-refractivity contribution >= 4 is 28.5 Å². The van der Waals surface area contributed by atoms with Gasteiger partial charge in [-0.25, -0.2) is 9.59 Å². The van der Waals surface area contributed by atoms with E-state index in [4.69, 9.17) is 47.4 Å². The predicted molar refractivity (Wildman–Crippen MR) is 191 cm³/mol. The van der Waals surface area contributed by atoms with Crippen LogP contribution in [0, 0.1) is 0 Å². The number of anilines is 1. The largest absolute Gasteiger partial charge is 0.460 e. The molecule has 18 heteroatoms. The number of carbonyl (C=O) groups excluding carboxylic acids is 2. The number of hydrogen-bond donors (Lipinski definition) is 1. The second-order valence-corrected chi connectivity index (χ2v) is 11.8. The summed E-state index contributed by atoms with van der Waals surface area (Å²) in [5.74, 6) is -0.656. The predicted octanol–water partition coefficient (Wildman–Crippen LogP) is 3.84. The number of methoxy groups -OCH3 is 1. The first-order valence-corrected chi connectivity index (χ1v) is 17.7. The van der Waals surface area contributed by atoms with Crippen LogP contribution in [-0.4, -0.2) is 143 Å². The molecule has 1 amide bonds. The molecular weight excluding hydrogens is 737 g/mol. The Morgan fingerprint density at radius 2 is 1.31 bits per heavy atom. The van der Waals surface area contributed by atoms with Crippen molar-refractivity contribution < 1.29 is 70.1 Å². The molecule has 2 aromatic carbocycles. The van der Waals surface area contributed by atoms with Crippen LogP contribution in [0.15, 0.2) is 53.3 Å². The molecule has 1 aliphatic heterocycles. The van der Waals surface area contributed by atoms with Crippen LogP contribution in [0.3, 0.4) is 0 Å². The number of esters is 1. The molecule has 0 bridgehead atoms. The highest BCUT2D eigenvalue weighted by Crippen LogP contribution is 2.36. The Morgan fingerprint density at radius 1 is 0.764 bits per heavy atom.